The molecular weight excluding hydrogens is 230 g/mol. The highest BCUT2D eigenvalue weighted by molar-refractivity contribution is 5.81. The number of carbonyl (C=O) groups is 1. The van der Waals surface area contributed by atoms with Crippen LogP contribution in [-0.4, -0.2) is 31.2 Å². The number of hydrogen-bond acceptors (Lipinski definition) is 4. The summed E-state index contributed by atoms with van der Waals surface area (Å²) in [6, 6.07) is 7.25. The molecular formula is C13H17N3O2. The fourth-order valence-corrected chi connectivity index (χ4v) is 1.67. The van der Waals surface area contributed by atoms with E-state index in [1.165, 1.54) is 0 Å². The quantitative estimate of drug-likeness (QED) is 0.800. The molecule has 0 bridgehead atoms. The predicted molar refractivity (Wildman–Crippen MR) is 69.0 cm³/mol. The maximum atomic E-state index is 11.4. The van der Waals surface area contributed by atoms with Gasteiger partial charge in [0.05, 0.1) is 24.4 Å². The highest BCUT2D eigenvalue weighted by Crippen LogP contribution is 2.21. The van der Waals surface area contributed by atoms with Gasteiger partial charge in [0.25, 0.3) is 0 Å². The number of nitrogens with one attached hydrogen (secondary N) is 1. The second-order valence-corrected chi connectivity index (χ2v) is 3.81. The Morgan fingerprint density at radius 3 is 2.78 bits per heavy atom. The summed E-state index contributed by atoms with van der Waals surface area (Å²) < 4.78 is 0. The lowest BCUT2D eigenvalue weighted by Crippen LogP contribution is -2.35. The maximum absolute atomic E-state index is 11.4. The first kappa shape index (κ1) is 14.0. The number of rotatable bonds is 5. The van der Waals surface area contributed by atoms with Gasteiger partial charge in [-0.15, -0.1) is 0 Å². The number of benzene rings is 1. The van der Waals surface area contributed by atoms with Crippen LogP contribution in [0.25, 0.3) is 0 Å². The minimum Gasteiger partial charge on any atom is -0.392 e. The van der Waals surface area contributed by atoms with Crippen LogP contribution in [0.15, 0.2) is 18.2 Å². The first-order valence-electron chi connectivity index (χ1n) is 5.75. The number of amides is 1. The Hall–Kier alpha value is -2.06. The van der Waals surface area contributed by atoms with E-state index in [0.29, 0.717) is 23.4 Å². The number of likely N-dealkylation sites (N-methyl/N-ethyl adjacent to an activating group) is 2. The molecule has 0 aliphatic carbocycles. The Balaban J connectivity index is 3.06. The van der Waals surface area contributed by atoms with Gasteiger partial charge in [-0.1, -0.05) is 6.07 Å². The van der Waals surface area contributed by atoms with Crippen molar-refractivity contribution in [3.05, 3.63) is 29.3 Å². The Morgan fingerprint density at radius 1 is 1.56 bits per heavy atom. The predicted octanol–water partition coefficient (Wildman–Crippen LogP) is 0.623. The van der Waals surface area contributed by atoms with Crippen molar-refractivity contribution in [2.75, 3.05) is 25.0 Å². The lowest BCUT2D eigenvalue weighted by atomic mass is 10.1. The van der Waals surface area contributed by atoms with Crippen LogP contribution in [-0.2, 0) is 11.4 Å². The summed E-state index contributed by atoms with van der Waals surface area (Å²) >= 11 is 0. The molecule has 18 heavy (non-hydrogen) atoms. The summed E-state index contributed by atoms with van der Waals surface area (Å²) in [6.45, 7) is 2.65. The zero-order chi connectivity index (χ0) is 13.5. The van der Waals surface area contributed by atoms with Crippen LogP contribution in [0.5, 0.6) is 0 Å². The first-order valence-corrected chi connectivity index (χ1v) is 5.75. The molecule has 1 aromatic carbocycles. The van der Waals surface area contributed by atoms with E-state index in [4.69, 9.17) is 10.4 Å². The van der Waals surface area contributed by atoms with E-state index >= 15 is 0 Å². The monoisotopic (exact) mass is 247 g/mol. The topological polar surface area (TPSA) is 76.4 Å². The van der Waals surface area contributed by atoms with Crippen molar-refractivity contribution in [2.24, 2.45) is 0 Å². The molecule has 0 spiro atoms. The Labute approximate surface area is 107 Å². The van der Waals surface area contributed by atoms with Crippen molar-refractivity contribution >= 4 is 11.6 Å². The molecule has 0 atom stereocenters. The summed E-state index contributed by atoms with van der Waals surface area (Å²) in [4.78, 5) is 13.2. The van der Waals surface area contributed by atoms with Gasteiger partial charge in [-0.25, -0.2) is 0 Å². The normalized spacial score (nSPS) is 9.67. The van der Waals surface area contributed by atoms with Crippen molar-refractivity contribution in [2.45, 2.75) is 13.5 Å². The minimum absolute atomic E-state index is 0.101. The van der Waals surface area contributed by atoms with Crippen LogP contribution in [0.4, 0.5) is 5.69 Å². The molecule has 0 saturated heterocycles. The van der Waals surface area contributed by atoms with Gasteiger partial charge >= 0.3 is 0 Å². The van der Waals surface area contributed by atoms with Crippen LogP contribution in [0.2, 0.25) is 0 Å². The van der Waals surface area contributed by atoms with Crippen LogP contribution in [0.3, 0.4) is 0 Å². The third-order valence-corrected chi connectivity index (χ3v) is 2.70. The molecule has 0 unspecified atom stereocenters. The van der Waals surface area contributed by atoms with Crippen molar-refractivity contribution < 1.29 is 9.90 Å². The second kappa shape index (κ2) is 6.62. The molecule has 0 aliphatic rings. The van der Waals surface area contributed by atoms with Crippen molar-refractivity contribution in [1.29, 1.82) is 5.26 Å². The molecule has 5 nitrogen and oxygen atoms in total. The SMILES string of the molecule is CCN(CC(=O)NC)c1ccc(CO)cc1C#N. The van der Waals surface area contributed by atoms with Gasteiger partial charge in [0.15, 0.2) is 0 Å². The molecule has 0 saturated carbocycles. The van der Waals surface area contributed by atoms with E-state index in [-0.39, 0.29) is 19.1 Å². The zero-order valence-corrected chi connectivity index (χ0v) is 10.6. The van der Waals surface area contributed by atoms with Crippen molar-refractivity contribution in [3.8, 4) is 6.07 Å². The third-order valence-electron chi connectivity index (χ3n) is 2.70. The van der Waals surface area contributed by atoms with E-state index in [9.17, 15) is 4.79 Å². The number of carbonyl (C=O) groups excluding carboxylic acids is 1. The molecule has 1 amide bonds. The van der Waals surface area contributed by atoms with E-state index < -0.39 is 0 Å². The number of nitrogens with zero attached hydrogens (tertiary/aromatic N) is 2. The molecule has 96 valence electrons. The van der Waals surface area contributed by atoms with E-state index in [0.717, 1.165) is 0 Å². The van der Waals surface area contributed by atoms with E-state index in [1.54, 1.807) is 25.2 Å². The standard InChI is InChI=1S/C13H17N3O2/c1-3-16(8-13(18)15-2)12-5-4-10(9-17)6-11(12)7-14/h4-6,17H,3,8-9H2,1-2H3,(H,15,18). The number of anilines is 1. The van der Waals surface area contributed by atoms with Gasteiger partial charge in [-0.3, -0.25) is 4.79 Å². The van der Waals surface area contributed by atoms with Gasteiger partial charge in [-0.2, -0.15) is 5.26 Å². The number of aliphatic hydroxyl groups is 1. The first-order chi connectivity index (χ1) is 8.65. The molecule has 5 heteroatoms. The Morgan fingerprint density at radius 2 is 2.28 bits per heavy atom. The van der Waals surface area contributed by atoms with Gasteiger partial charge in [0.1, 0.15) is 6.07 Å². The fraction of sp³-hybridized carbons (Fsp3) is 0.385. The van der Waals surface area contributed by atoms with Crippen molar-refractivity contribution in [1.82, 2.24) is 5.32 Å². The van der Waals surface area contributed by atoms with Crippen LogP contribution < -0.4 is 10.2 Å². The maximum Gasteiger partial charge on any atom is 0.239 e. The number of nitriles is 1. The van der Waals surface area contributed by atoms with Gasteiger partial charge in [0, 0.05) is 13.6 Å². The average molecular weight is 247 g/mol. The largest absolute Gasteiger partial charge is 0.392 e. The second-order valence-electron chi connectivity index (χ2n) is 3.81. The smallest absolute Gasteiger partial charge is 0.239 e. The summed E-state index contributed by atoms with van der Waals surface area (Å²) in [5, 5.41) is 20.7. The average Bonchev–Trinajstić information content (AvgIpc) is 2.43. The summed E-state index contributed by atoms with van der Waals surface area (Å²) in [7, 11) is 1.58. The summed E-state index contributed by atoms with van der Waals surface area (Å²) in [6.07, 6.45) is 0. The molecule has 1 aromatic rings. The van der Waals surface area contributed by atoms with Crippen molar-refractivity contribution in [3.63, 3.8) is 0 Å². The van der Waals surface area contributed by atoms with Gasteiger partial charge in [-0.05, 0) is 24.6 Å². The van der Waals surface area contributed by atoms with Crippen LogP contribution >= 0.6 is 0 Å². The molecule has 2 N–H and O–H groups in total. The lowest BCUT2D eigenvalue weighted by Gasteiger charge is -2.23. The van der Waals surface area contributed by atoms with Gasteiger partial charge in [0.2, 0.25) is 5.91 Å². The molecule has 0 fully saturated rings. The summed E-state index contributed by atoms with van der Waals surface area (Å²) in [5.74, 6) is -0.105. The molecule has 0 heterocycles. The van der Waals surface area contributed by atoms with E-state index in [2.05, 4.69) is 11.4 Å². The summed E-state index contributed by atoms with van der Waals surface area (Å²) in [5.41, 5.74) is 1.86. The molecule has 0 aromatic heterocycles. The lowest BCUT2D eigenvalue weighted by molar-refractivity contribution is -0.119. The van der Waals surface area contributed by atoms with E-state index in [1.807, 2.05) is 11.8 Å². The molecule has 0 radical (unpaired) electrons. The highest BCUT2D eigenvalue weighted by Gasteiger charge is 2.13. The zero-order valence-electron chi connectivity index (χ0n) is 10.6. The molecule has 1 rings (SSSR count). The minimum atomic E-state index is -0.105. The third kappa shape index (κ3) is 3.22. The van der Waals surface area contributed by atoms with Crippen LogP contribution in [0, 0.1) is 11.3 Å². The fourth-order valence-electron chi connectivity index (χ4n) is 1.67. The number of hydrogen-bond donors (Lipinski definition) is 2. The Bertz CT molecular complexity index is 466. The molecule has 0 aliphatic heterocycles. The highest BCUT2D eigenvalue weighted by atomic mass is 16.3. The number of aliphatic hydroxyl groups excluding tert-OH is 1. The Kier molecular flexibility index (Phi) is 5.15. The van der Waals surface area contributed by atoms with Gasteiger partial charge < -0.3 is 15.3 Å². The van der Waals surface area contributed by atoms with Crippen LogP contribution in [0.1, 0.15) is 18.1 Å².